The van der Waals surface area contributed by atoms with Gasteiger partial charge in [0.15, 0.2) is 0 Å². The maximum atomic E-state index is 9.16. The molecule has 0 spiro atoms. The Labute approximate surface area is 170 Å². The van der Waals surface area contributed by atoms with Gasteiger partial charge in [-0.1, -0.05) is 96.8 Å². The van der Waals surface area contributed by atoms with Crippen molar-refractivity contribution in [3.8, 4) is 0 Å². The Morgan fingerprint density at radius 2 is 1.00 bits per heavy atom. The number of aliphatic hydroxyl groups is 2. The van der Waals surface area contributed by atoms with Gasteiger partial charge in [-0.15, -0.1) is 0 Å². The zero-order valence-electron chi connectivity index (χ0n) is 18.4. The first-order chi connectivity index (χ1) is 13.3. The molecule has 0 bridgehead atoms. The van der Waals surface area contributed by atoms with E-state index in [1.54, 1.807) is 0 Å². The predicted octanol–water partition coefficient (Wildman–Crippen LogP) is 4.73. The SMILES string of the molecule is CCCCCCCCCCCCCCCCCN(CCO)CCNCCO. The van der Waals surface area contributed by atoms with Gasteiger partial charge in [-0.25, -0.2) is 0 Å². The minimum atomic E-state index is 0.193. The molecule has 27 heavy (non-hydrogen) atoms. The number of rotatable bonds is 23. The number of hydrogen-bond acceptors (Lipinski definition) is 4. The molecule has 3 N–H and O–H groups in total. The van der Waals surface area contributed by atoms with Crippen LogP contribution in [0.2, 0.25) is 0 Å². The standard InChI is InChI=1S/C23H50N2O2/c1-2-3-4-5-6-7-8-9-10-11-12-13-14-15-16-19-25(21-23-27)20-17-24-18-22-26/h24,26-27H,2-23H2,1H3. The van der Waals surface area contributed by atoms with Gasteiger partial charge in [0.25, 0.3) is 0 Å². The number of nitrogens with one attached hydrogen (secondary N) is 1. The molecule has 0 saturated carbocycles. The van der Waals surface area contributed by atoms with Gasteiger partial charge < -0.3 is 15.5 Å². The Morgan fingerprint density at radius 3 is 1.44 bits per heavy atom. The number of unbranched alkanes of at least 4 members (excludes halogenated alkanes) is 14. The van der Waals surface area contributed by atoms with Crippen LogP contribution in [-0.4, -0.2) is 61.1 Å². The summed E-state index contributed by atoms with van der Waals surface area (Å²) in [6, 6.07) is 0. The summed E-state index contributed by atoms with van der Waals surface area (Å²) in [5.41, 5.74) is 0. The van der Waals surface area contributed by atoms with Crippen molar-refractivity contribution < 1.29 is 10.2 Å². The molecule has 0 saturated heterocycles. The predicted molar refractivity (Wildman–Crippen MR) is 118 cm³/mol. The molecule has 0 aromatic carbocycles. The molecule has 4 nitrogen and oxygen atoms in total. The van der Waals surface area contributed by atoms with Crippen molar-refractivity contribution >= 4 is 0 Å². The van der Waals surface area contributed by atoms with Crippen LogP contribution >= 0.6 is 0 Å². The normalized spacial score (nSPS) is 11.6. The van der Waals surface area contributed by atoms with E-state index < -0.39 is 0 Å². The molecule has 0 aromatic rings. The Hall–Kier alpha value is -0.160. The third kappa shape index (κ3) is 22.0. The lowest BCUT2D eigenvalue weighted by atomic mass is 10.0. The molecule has 0 aromatic heterocycles. The fourth-order valence-corrected chi connectivity index (χ4v) is 3.62. The first-order valence-electron chi connectivity index (χ1n) is 12.0. The van der Waals surface area contributed by atoms with Crippen molar-refractivity contribution in [3.05, 3.63) is 0 Å². The van der Waals surface area contributed by atoms with Gasteiger partial charge in [-0.05, 0) is 13.0 Å². The third-order valence-electron chi connectivity index (χ3n) is 5.39. The quantitative estimate of drug-likeness (QED) is 0.222. The number of hydrogen-bond donors (Lipinski definition) is 3. The average molecular weight is 387 g/mol. The number of aliphatic hydroxyl groups excluding tert-OH is 2. The molecule has 0 radical (unpaired) electrons. The second kappa shape index (κ2) is 23.9. The Morgan fingerprint density at radius 1 is 0.519 bits per heavy atom. The molecular weight excluding hydrogens is 336 g/mol. The summed E-state index contributed by atoms with van der Waals surface area (Å²) in [6.45, 7) is 7.06. The molecule has 0 fully saturated rings. The summed E-state index contributed by atoms with van der Waals surface area (Å²) in [7, 11) is 0. The van der Waals surface area contributed by atoms with Crippen molar-refractivity contribution in [3.63, 3.8) is 0 Å². The van der Waals surface area contributed by atoms with Crippen LogP contribution in [0.15, 0.2) is 0 Å². The Balaban J connectivity index is 3.27. The summed E-state index contributed by atoms with van der Waals surface area (Å²) in [4.78, 5) is 2.33. The largest absolute Gasteiger partial charge is 0.395 e. The van der Waals surface area contributed by atoms with Gasteiger partial charge in [0, 0.05) is 26.2 Å². The van der Waals surface area contributed by atoms with Crippen LogP contribution in [0.5, 0.6) is 0 Å². The van der Waals surface area contributed by atoms with E-state index in [1.807, 2.05) is 0 Å². The maximum Gasteiger partial charge on any atom is 0.0558 e. The summed E-state index contributed by atoms with van der Waals surface area (Å²) in [5, 5.41) is 21.1. The first kappa shape index (κ1) is 26.8. The average Bonchev–Trinajstić information content (AvgIpc) is 2.68. The molecule has 164 valence electrons. The van der Waals surface area contributed by atoms with Crippen LogP contribution in [0.1, 0.15) is 103 Å². The lowest BCUT2D eigenvalue weighted by Crippen LogP contribution is -2.35. The van der Waals surface area contributed by atoms with E-state index in [1.165, 1.54) is 96.3 Å². The molecule has 0 aliphatic rings. The van der Waals surface area contributed by atoms with Crippen molar-refractivity contribution in [1.29, 1.82) is 0 Å². The second-order valence-electron chi connectivity index (χ2n) is 7.99. The third-order valence-corrected chi connectivity index (χ3v) is 5.39. The van der Waals surface area contributed by atoms with E-state index in [2.05, 4.69) is 17.1 Å². The molecule has 0 heterocycles. The highest BCUT2D eigenvalue weighted by molar-refractivity contribution is 4.60. The van der Waals surface area contributed by atoms with Crippen molar-refractivity contribution in [2.45, 2.75) is 103 Å². The highest BCUT2D eigenvalue weighted by Crippen LogP contribution is 2.13. The second-order valence-corrected chi connectivity index (χ2v) is 7.99. The minimum Gasteiger partial charge on any atom is -0.395 e. The summed E-state index contributed by atoms with van der Waals surface area (Å²) < 4.78 is 0. The first-order valence-corrected chi connectivity index (χ1v) is 12.0. The van der Waals surface area contributed by atoms with Crippen LogP contribution in [-0.2, 0) is 0 Å². The fraction of sp³-hybridized carbons (Fsp3) is 1.00. The van der Waals surface area contributed by atoms with Gasteiger partial charge in [0.2, 0.25) is 0 Å². The highest BCUT2D eigenvalue weighted by atomic mass is 16.3. The van der Waals surface area contributed by atoms with Gasteiger partial charge in [-0.3, -0.25) is 4.90 Å². The van der Waals surface area contributed by atoms with Crippen LogP contribution in [0, 0.1) is 0 Å². The number of nitrogens with zero attached hydrogens (tertiary/aromatic N) is 1. The lowest BCUT2D eigenvalue weighted by molar-refractivity contribution is 0.192. The van der Waals surface area contributed by atoms with Gasteiger partial charge in [0.05, 0.1) is 13.2 Å². The zero-order chi connectivity index (χ0) is 19.8. The molecular formula is C23H50N2O2. The van der Waals surface area contributed by atoms with Crippen molar-refractivity contribution in [1.82, 2.24) is 10.2 Å². The maximum absolute atomic E-state index is 9.16. The summed E-state index contributed by atoms with van der Waals surface area (Å²) in [5.74, 6) is 0. The van der Waals surface area contributed by atoms with E-state index in [0.717, 1.165) is 26.2 Å². The molecule has 0 atom stereocenters. The zero-order valence-corrected chi connectivity index (χ0v) is 18.4. The van der Waals surface area contributed by atoms with E-state index >= 15 is 0 Å². The van der Waals surface area contributed by atoms with Crippen molar-refractivity contribution in [2.24, 2.45) is 0 Å². The fourth-order valence-electron chi connectivity index (χ4n) is 3.62. The molecule has 0 rings (SSSR count). The van der Waals surface area contributed by atoms with Gasteiger partial charge >= 0.3 is 0 Å². The lowest BCUT2D eigenvalue weighted by Gasteiger charge is -2.21. The summed E-state index contributed by atoms with van der Waals surface area (Å²) >= 11 is 0. The molecule has 4 heteroatoms. The van der Waals surface area contributed by atoms with E-state index in [9.17, 15) is 0 Å². The van der Waals surface area contributed by atoms with Crippen LogP contribution < -0.4 is 5.32 Å². The Kier molecular flexibility index (Phi) is 23.7. The van der Waals surface area contributed by atoms with Crippen LogP contribution in [0.25, 0.3) is 0 Å². The van der Waals surface area contributed by atoms with E-state index in [4.69, 9.17) is 10.2 Å². The van der Waals surface area contributed by atoms with Crippen LogP contribution in [0.3, 0.4) is 0 Å². The summed E-state index contributed by atoms with van der Waals surface area (Å²) in [6.07, 6.45) is 21.0. The Bertz CT molecular complexity index is 265. The minimum absolute atomic E-state index is 0.193. The highest BCUT2D eigenvalue weighted by Gasteiger charge is 2.03. The van der Waals surface area contributed by atoms with Crippen molar-refractivity contribution in [2.75, 3.05) is 45.9 Å². The van der Waals surface area contributed by atoms with E-state index in [0.29, 0.717) is 6.54 Å². The molecule has 0 amide bonds. The molecule has 0 aliphatic carbocycles. The van der Waals surface area contributed by atoms with Gasteiger partial charge in [-0.2, -0.15) is 0 Å². The molecule has 0 aliphatic heterocycles. The topological polar surface area (TPSA) is 55.7 Å². The van der Waals surface area contributed by atoms with E-state index in [-0.39, 0.29) is 13.2 Å². The monoisotopic (exact) mass is 386 g/mol. The molecule has 0 unspecified atom stereocenters. The van der Waals surface area contributed by atoms with Gasteiger partial charge in [0.1, 0.15) is 0 Å². The van der Waals surface area contributed by atoms with Crippen LogP contribution in [0.4, 0.5) is 0 Å². The smallest absolute Gasteiger partial charge is 0.0558 e.